The van der Waals surface area contributed by atoms with Crippen molar-refractivity contribution < 1.29 is 9.21 Å². The molecule has 0 radical (unpaired) electrons. The number of benzene rings is 3. The first-order chi connectivity index (χ1) is 14.2. The molecule has 3 aromatic carbocycles. The van der Waals surface area contributed by atoms with E-state index in [1.54, 1.807) is 36.0 Å². The van der Waals surface area contributed by atoms with E-state index in [9.17, 15) is 4.79 Å². The topological polar surface area (TPSA) is 66.0 Å². The van der Waals surface area contributed by atoms with Crippen LogP contribution in [0.5, 0.6) is 0 Å². The summed E-state index contributed by atoms with van der Waals surface area (Å²) in [7, 11) is 0. The van der Waals surface area contributed by atoms with Gasteiger partial charge in [-0.15, -0.1) is 0 Å². The molecule has 5 heteroatoms. The highest BCUT2D eigenvalue weighted by molar-refractivity contribution is 7.97. The third-order valence-electron chi connectivity index (χ3n) is 4.53. The number of nitrogens with one attached hydrogen (secondary N) is 1. The van der Waals surface area contributed by atoms with Crippen LogP contribution in [0.1, 0.15) is 27.2 Å². The lowest BCUT2D eigenvalue weighted by Crippen LogP contribution is -2.12. The molecule has 1 amide bonds. The molecule has 1 N–H and O–H groups in total. The number of carbonyl (C=O) groups is 1. The van der Waals surface area contributed by atoms with E-state index in [1.807, 2.05) is 42.5 Å². The van der Waals surface area contributed by atoms with Gasteiger partial charge in [0.15, 0.2) is 5.76 Å². The SMILES string of the molecule is N#Cc1ccc(NC(=O)c2oc3ccccc3c2CSCc2ccccc2)cc1. The molecular formula is C24H18N2O2S. The second-order valence-electron chi connectivity index (χ2n) is 6.53. The number of carbonyl (C=O) groups excluding carboxylic acids is 1. The number of para-hydroxylation sites is 1. The number of furan rings is 1. The average Bonchev–Trinajstić information content (AvgIpc) is 3.14. The monoisotopic (exact) mass is 398 g/mol. The van der Waals surface area contributed by atoms with Gasteiger partial charge in [0.25, 0.3) is 5.91 Å². The van der Waals surface area contributed by atoms with Crippen LogP contribution < -0.4 is 5.32 Å². The quantitative estimate of drug-likeness (QED) is 0.433. The van der Waals surface area contributed by atoms with E-state index in [0.717, 1.165) is 16.7 Å². The van der Waals surface area contributed by atoms with Gasteiger partial charge in [-0.1, -0.05) is 48.5 Å². The highest BCUT2D eigenvalue weighted by atomic mass is 32.2. The fourth-order valence-corrected chi connectivity index (χ4v) is 4.11. The maximum absolute atomic E-state index is 12.9. The van der Waals surface area contributed by atoms with Gasteiger partial charge in [-0.3, -0.25) is 4.79 Å². The van der Waals surface area contributed by atoms with Crippen LogP contribution in [0.25, 0.3) is 11.0 Å². The minimum absolute atomic E-state index is 0.291. The van der Waals surface area contributed by atoms with E-state index < -0.39 is 0 Å². The van der Waals surface area contributed by atoms with Crippen molar-refractivity contribution in [3.05, 3.63) is 101 Å². The Kier molecular flexibility index (Phi) is 5.64. The number of rotatable bonds is 6. The fraction of sp³-hybridized carbons (Fsp3) is 0.0833. The minimum Gasteiger partial charge on any atom is -0.451 e. The van der Waals surface area contributed by atoms with E-state index in [1.165, 1.54) is 5.56 Å². The molecular weight excluding hydrogens is 380 g/mol. The number of hydrogen-bond acceptors (Lipinski definition) is 4. The standard InChI is InChI=1S/C24H18N2O2S/c25-14-17-10-12-19(13-11-17)26-24(27)23-21(20-8-4-5-9-22(20)28-23)16-29-15-18-6-2-1-3-7-18/h1-13H,15-16H2,(H,26,27). The molecule has 1 aromatic heterocycles. The Balaban J connectivity index is 1.56. The fourth-order valence-electron chi connectivity index (χ4n) is 3.09. The van der Waals surface area contributed by atoms with Crippen LogP contribution in [0.15, 0.2) is 83.3 Å². The lowest BCUT2D eigenvalue weighted by Gasteiger charge is -2.06. The molecule has 1 heterocycles. The van der Waals surface area contributed by atoms with Crippen LogP contribution in [0.4, 0.5) is 5.69 Å². The predicted molar refractivity (Wildman–Crippen MR) is 117 cm³/mol. The lowest BCUT2D eigenvalue weighted by molar-refractivity contribution is 0.0998. The molecule has 0 saturated heterocycles. The molecule has 0 atom stereocenters. The summed E-state index contributed by atoms with van der Waals surface area (Å²) in [6.07, 6.45) is 0. The Morgan fingerprint density at radius 1 is 0.931 bits per heavy atom. The molecule has 0 spiro atoms. The second kappa shape index (κ2) is 8.68. The van der Waals surface area contributed by atoms with Gasteiger partial charge in [0.05, 0.1) is 11.6 Å². The zero-order valence-corrected chi connectivity index (χ0v) is 16.4. The largest absolute Gasteiger partial charge is 0.451 e. The van der Waals surface area contributed by atoms with E-state index in [0.29, 0.717) is 28.3 Å². The van der Waals surface area contributed by atoms with Gasteiger partial charge in [0, 0.05) is 28.1 Å². The molecule has 4 nitrogen and oxygen atoms in total. The molecule has 0 aliphatic heterocycles. The van der Waals surface area contributed by atoms with Gasteiger partial charge in [0.1, 0.15) is 5.58 Å². The number of nitriles is 1. The number of nitrogens with zero attached hydrogens (tertiary/aromatic N) is 1. The molecule has 4 aromatic rings. The van der Waals surface area contributed by atoms with Crippen LogP contribution in [0.2, 0.25) is 0 Å². The van der Waals surface area contributed by atoms with Crippen LogP contribution in [0, 0.1) is 11.3 Å². The molecule has 4 rings (SSSR count). The van der Waals surface area contributed by atoms with E-state index in [2.05, 4.69) is 23.5 Å². The Morgan fingerprint density at radius 2 is 1.66 bits per heavy atom. The van der Waals surface area contributed by atoms with Crippen molar-refractivity contribution >= 4 is 34.3 Å². The molecule has 29 heavy (non-hydrogen) atoms. The Labute approximate surface area is 173 Å². The van der Waals surface area contributed by atoms with Gasteiger partial charge < -0.3 is 9.73 Å². The van der Waals surface area contributed by atoms with Crippen LogP contribution in [-0.2, 0) is 11.5 Å². The van der Waals surface area contributed by atoms with E-state index in [-0.39, 0.29) is 5.91 Å². The summed E-state index contributed by atoms with van der Waals surface area (Å²) in [6, 6.07) is 26.8. The number of anilines is 1. The van der Waals surface area contributed by atoms with Gasteiger partial charge in [-0.05, 0) is 35.9 Å². The normalized spacial score (nSPS) is 10.6. The smallest absolute Gasteiger partial charge is 0.291 e. The first-order valence-electron chi connectivity index (χ1n) is 9.18. The second-order valence-corrected chi connectivity index (χ2v) is 7.51. The van der Waals surface area contributed by atoms with Crippen molar-refractivity contribution in [2.75, 3.05) is 5.32 Å². The van der Waals surface area contributed by atoms with Crippen molar-refractivity contribution in [3.8, 4) is 6.07 Å². The third kappa shape index (κ3) is 4.34. The summed E-state index contributed by atoms with van der Waals surface area (Å²) in [4.78, 5) is 12.9. The summed E-state index contributed by atoms with van der Waals surface area (Å²) >= 11 is 1.75. The predicted octanol–water partition coefficient (Wildman–Crippen LogP) is 5.99. The number of fused-ring (bicyclic) bond motifs is 1. The molecule has 0 saturated carbocycles. The van der Waals surface area contributed by atoms with Crippen molar-refractivity contribution in [1.82, 2.24) is 0 Å². The van der Waals surface area contributed by atoms with Gasteiger partial charge >= 0.3 is 0 Å². The highest BCUT2D eigenvalue weighted by Crippen LogP contribution is 2.31. The van der Waals surface area contributed by atoms with Crippen molar-refractivity contribution in [1.29, 1.82) is 5.26 Å². The minimum atomic E-state index is -0.291. The zero-order chi connectivity index (χ0) is 20.1. The van der Waals surface area contributed by atoms with E-state index in [4.69, 9.17) is 9.68 Å². The van der Waals surface area contributed by atoms with Crippen LogP contribution in [-0.4, -0.2) is 5.91 Å². The average molecular weight is 398 g/mol. The summed E-state index contributed by atoms with van der Waals surface area (Å²) in [5, 5.41) is 12.7. The molecule has 0 fully saturated rings. The molecule has 0 aliphatic carbocycles. The number of hydrogen-bond donors (Lipinski definition) is 1. The number of amides is 1. The Bertz CT molecular complexity index is 1180. The maximum atomic E-state index is 12.9. The summed E-state index contributed by atoms with van der Waals surface area (Å²) < 4.78 is 5.90. The van der Waals surface area contributed by atoms with E-state index >= 15 is 0 Å². The molecule has 142 valence electrons. The van der Waals surface area contributed by atoms with Gasteiger partial charge in [0.2, 0.25) is 0 Å². The Morgan fingerprint density at radius 3 is 2.41 bits per heavy atom. The molecule has 0 bridgehead atoms. The van der Waals surface area contributed by atoms with Crippen LogP contribution >= 0.6 is 11.8 Å². The zero-order valence-electron chi connectivity index (χ0n) is 15.6. The lowest BCUT2D eigenvalue weighted by atomic mass is 10.1. The van der Waals surface area contributed by atoms with Crippen LogP contribution in [0.3, 0.4) is 0 Å². The highest BCUT2D eigenvalue weighted by Gasteiger charge is 2.20. The van der Waals surface area contributed by atoms with Gasteiger partial charge in [-0.2, -0.15) is 17.0 Å². The summed E-state index contributed by atoms with van der Waals surface area (Å²) in [5.74, 6) is 1.57. The summed E-state index contributed by atoms with van der Waals surface area (Å²) in [6.45, 7) is 0. The number of thioether (sulfide) groups is 1. The summed E-state index contributed by atoms with van der Waals surface area (Å²) in [5.41, 5.74) is 4.01. The van der Waals surface area contributed by atoms with Gasteiger partial charge in [-0.25, -0.2) is 0 Å². The third-order valence-corrected chi connectivity index (χ3v) is 5.56. The first-order valence-corrected chi connectivity index (χ1v) is 10.3. The molecule has 0 aliphatic rings. The molecule has 0 unspecified atom stereocenters. The maximum Gasteiger partial charge on any atom is 0.291 e. The van der Waals surface area contributed by atoms with Crippen molar-refractivity contribution in [3.63, 3.8) is 0 Å². The van der Waals surface area contributed by atoms with Crippen molar-refractivity contribution in [2.24, 2.45) is 0 Å². The van der Waals surface area contributed by atoms with Crippen molar-refractivity contribution in [2.45, 2.75) is 11.5 Å². The Hall–Kier alpha value is -3.49. The first kappa shape index (κ1) is 18.9.